The second kappa shape index (κ2) is 6.06. The molecule has 6 heteroatoms. The largest absolute Gasteiger partial charge is 0.373 e. The molecule has 3 fully saturated rings. The van der Waals surface area contributed by atoms with Gasteiger partial charge in [-0.05, 0) is 37.0 Å². The highest BCUT2D eigenvalue weighted by Crippen LogP contribution is 2.47. The van der Waals surface area contributed by atoms with E-state index in [2.05, 4.69) is 4.98 Å². The molecule has 4 rings (SSSR count). The summed E-state index contributed by atoms with van der Waals surface area (Å²) in [6.45, 7) is 2.23. The average molecular weight is 336 g/mol. The van der Waals surface area contributed by atoms with Gasteiger partial charge in [-0.2, -0.15) is 0 Å². The molecule has 1 spiro atoms. The molecular weight excluding hydrogens is 315 g/mol. The molecule has 0 aromatic carbocycles. The molecule has 4 nitrogen and oxygen atoms in total. The van der Waals surface area contributed by atoms with Crippen LogP contribution in [0.3, 0.4) is 0 Å². The van der Waals surface area contributed by atoms with Gasteiger partial charge in [0.05, 0.1) is 17.5 Å². The summed E-state index contributed by atoms with van der Waals surface area (Å²) in [5, 5.41) is 0. The topological polar surface area (TPSA) is 42.4 Å². The Morgan fingerprint density at radius 2 is 2.13 bits per heavy atom. The lowest BCUT2D eigenvalue weighted by molar-refractivity contribution is -0.146. The molecule has 1 atom stereocenters. The maximum absolute atomic E-state index is 12.9. The van der Waals surface area contributed by atoms with Crippen LogP contribution < -0.4 is 0 Å². The molecule has 2 saturated heterocycles. The van der Waals surface area contributed by atoms with Gasteiger partial charge in [0.2, 0.25) is 5.91 Å². The van der Waals surface area contributed by atoms with Gasteiger partial charge >= 0.3 is 0 Å². The molecule has 1 saturated carbocycles. The number of alkyl halides is 1. The van der Waals surface area contributed by atoms with E-state index >= 15 is 0 Å². The molecule has 1 aromatic heterocycles. The van der Waals surface area contributed by atoms with Gasteiger partial charge in [0, 0.05) is 37.2 Å². The summed E-state index contributed by atoms with van der Waals surface area (Å²) in [5.74, 6) is 1.09. The first-order chi connectivity index (χ1) is 11.1. The number of pyridine rings is 1. The van der Waals surface area contributed by atoms with Gasteiger partial charge in [-0.25, -0.2) is 4.39 Å². The Kier molecular flexibility index (Phi) is 4.05. The predicted octanol–water partition coefficient (Wildman–Crippen LogP) is 2.43. The molecule has 1 amide bonds. The fourth-order valence-electron chi connectivity index (χ4n) is 3.64. The van der Waals surface area contributed by atoms with Crippen molar-refractivity contribution in [3.05, 3.63) is 30.1 Å². The lowest BCUT2D eigenvalue weighted by Crippen LogP contribution is -2.62. The Labute approximate surface area is 139 Å². The summed E-state index contributed by atoms with van der Waals surface area (Å²) < 4.78 is 19.1. The monoisotopic (exact) mass is 336 g/mol. The van der Waals surface area contributed by atoms with Crippen LogP contribution in [0.2, 0.25) is 0 Å². The fraction of sp³-hybridized carbons (Fsp3) is 0.647. The summed E-state index contributed by atoms with van der Waals surface area (Å²) >= 11 is 1.93. The van der Waals surface area contributed by atoms with Gasteiger partial charge in [-0.1, -0.05) is 0 Å². The van der Waals surface area contributed by atoms with Crippen molar-refractivity contribution in [2.24, 2.45) is 5.92 Å². The van der Waals surface area contributed by atoms with Crippen LogP contribution in [0.4, 0.5) is 4.39 Å². The number of hydrogen-bond donors (Lipinski definition) is 0. The van der Waals surface area contributed by atoms with Crippen LogP contribution in [-0.4, -0.2) is 51.7 Å². The molecule has 2 aliphatic heterocycles. The minimum absolute atomic E-state index is 0.0625. The van der Waals surface area contributed by atoms with E-state index in [1.54, 1.807) is 12.4 Å². The predicted molar refractivity (Wildman–Crippen MR) is 86.8 cm³/mol. The maximum Gasteiger partial charge on any atom is 0.225 e. The Hall–Kier alpha value is -1.14. The van der Waals surface area contributed by atoms with Crippen LogP contribution in [0, 0.1) is 5.92 Å². The highest BCUT2D eigenvalue weighted by atomic mass is 32.2. The van der Waals surface area contributed by atoms with Gasteiger partial charge in [-0.3, -0.25) is 9.78 Å². The third-order valence-electron chi connectivity index (χ3n) is 5.11. The Balaban J connectivity index is 1.23. The van der Waals surface area contributed by atoms with E-state index in [1.807, 2.05) is 28.8 Å². The van der Waals surface area contributed by atoms with Crippen molar-refractivity contribution in [1.82, 2.24) is 9.88 Å². The zero-order chi connectivity index (χ0) is 15.9. The summed E-state index contributed by atoms with van der Waals surface area (Å²) in [4.78, 5) is 18.1. The quantitative estimate of drug-likeness (QED) is 0.847. The standard InChI is InChI=1S/C17H21FN2O2S/c18-14-5-13(6-14)16(21)20-10-17(11-20)7-15(9-23-17)22-8-12-1-3-19-4-2-12/h1-4,13-15H,5-11H2. The van der Waals surface area contributed by atoms with Crippen molar-refractivity contribution < 1.29 is 13.9 Å². The van der Waals surface area contributed by atoms with E-state index in [0.29, 0.717) is 19.4 Å². The normalized spacial score (nSPS) is 31.7. The molecule has 3 aliphatic rings. The summed E-state index contributed by atoms with van der Waals surface area (Å²) in [7, 11) is 0. The molecule has 1 aromatic rings. The number of carbonyl (C=O) groups excluding carboxylic acids is 1. The van der Waals surface area contributed by atoms with Crippen molar-refractivity contribution in [2.45, 2.75) is 42.9 Å². The van der Waals surface area contributed by atoms with Gasteiger partial charge < -0.3 is 9.64 Å². The van der Waals surface area contributed by atoms with Crippen molar-refractivity contribution in [3.63, 3.8) is 0 Å². The number of aromatic nitrogens is 1. The van der Waals surface area contributed by atoms with Crippen molar-refractivity contribution in [2.75, 3.05) is 18.8 Å². The lowest BCUT2D eigenvalue weighted by Gasteiger charge is -2.49. The molecule has 0 bridgehead atoms. The number of likely N-dealkylation sites (tertiary alicyclic amines) is 1. The van der Waals surface area contributed by atoms with Crippen LogP contribution >= 0.6 is 11.8 Å². The molecule has 1 unspecified atom stereocenters. The first-order valence-corrected chi connectivity index (χ1v) is 9.19. The molecule has 3 heterocycles. The molecule has 0 radical (unpaired) electrons. The maximum atomic E-state index is 12.9. The zero-order valence-electron chi connectivity index (χ0n) is 13.0. The minimum atomic E-state index is -0.758. The van der Waals surface area contributed by atoms with Crippen molar-refractivity contribution in [1.29, 1.82) is 0 Å². The highest BCUT2D eigenvalue weighted by molar-refractivity contribution is 8.01. The van der Waals surface area contributed by atoms with E-state index in [-0.39, 0.29) is 22.7 Å². The van der Waals surface area contributed by atoms with E-state index in [9.17, 15) is 9.18 Å². The Bertz CT molecular complexity index is 573. The number of ether oxygens (including phenoxy) is 1. The number of amides is 1. The number of rotatable bonds is 4. The van der Waals surface area contributed by atoms with E-state index in [0.717, 1.165) is 30.8 Å². The fourth-order valence-corrected chi connectivity index (χ4v) is 5.19. The molecule has 23 heavy (non-hydrogen) atoms. The summed E-state index contributed by atoms with van der Waals surface area (Å²) in [6.07, 6.45) is 4.90. The number of nitrogens with zero attached hydrogens (tertiary/aromatic N) is 2. The second-order valence-electron chi connectivity index (χ2n) is 6.95. The Morgan fingerprint density at radius 1 is 1.39 bits per heavy atom. The van der Waals surface area contributed by atoms with Crippen LogP contribution in [0.25, 0.3) is 0 Å². The third kappa shape index (κ3) is 3.11. The van der Waals surface area contributed by atoms with Crippen LogP contribution in [0.15, 0.2) is 24.5 Å². The van der Waals surface area contributed by atoms with Gasteiger partial charge in [0.25, 0.3) is 0 Å². The van der Waals surface area contributed by atoms with E-state index in [4.69, 9.17) is 4.74 Å². The average Bonchev–Trinajstić information content (AvgIpc) is 2.93. The van der Waals surface area contributed by atoms with Crippen LogP contribution in [-0.2, 0) is 16.1 Å². The number of halogens is 1. The molecule has 1 aliphatic carbocycles. The first kappa shape index (κ1) is 15.4. The van der Waals surface area contributed by atoms with Gasteiger partial charge in [0.15, 0.2) is 0 Å². The highest BCUT2D eigenvalue weighted by Gasteiger charge is 2.52. The van der Waals surface area contributed by atoms with Crippen molar-refractivity contribution in [3.8, 4) is 0 Å². The number of carbonyl (C=O) groups is 1. The SMILES string of the molecule is O=C(C1CC(F)C1)N1CC2(CC(OCc3ccncc3)CS2)C1. The number of thioether (sulfide) groups is 1. The number of hydrogen-bond acceptors (Lipinski definition) is 4. The lowest BCUT2D eigenvalue weighted by atomic mass is 9.80. The molecule has 0 N–H and O–H groups in total. The minimum Gasteiger partial charge on any atom is -0.373 e. The second-order valence-corrected chi connectivity index (χ2v) is 8.43. The van der Waals surface area contributed by atoms with Crippen molar-refractivity contribution >= 4 is 17.7 Å². The van der Waals surface area contributed by atoms with Gasteiger partial charge in [0.1, 0.15) is 6.17 Å². The summed E-state index contributed by atoms with van der Waals surface area (Å²) in [6, 6.07) is 3.94. The van der Waals surface area contributed by atoms with Crippen LogP contribution in [0.5, 0.6) is 0 Å². The smallest absolute Gasteiger partial charge is 0.225 e. The van der Waals surface area contributed by atoms with Crippen LogP contribution in [0.1, 0.15) is 24.8 Å². The summed E-state index contributed by atoms with van der Waals surface area (Å²) in [5.41, 5.74) is 1.14. The first-order valence-electron chi connectivity index (χ1n) is 8.21. The molecule has 124 valence electrons. The van der Waals surface area contributed by atoms with Gasteiger partial charge in [-0.15, -0.1) is 11.8 Å². The zero-order valence-corrected chi connectivity index (χ0v) is 13.8. The third-order valence-corrected chi connectivity index (χ3v) is 6.69. The molecular formula is C17H21FN2O2S. The Morgan fingerprint density at radius 3 is 2.83 bits per heavy atom. The van der Waals surface area contributed by atoms with E-state index in [1.165, 1.54) is 0 Å². The van der Waals surface area contributed by atoms with E-state index < -0.39 is 6.17 Å².